The van der Waals surface area contributed by atoms with E-state index in [0.717, 1.165) is 25.2 Å². The molecule has 19 heavy (non-hydrogen) atoms. The van der Waals surface area contributed by atoms with Gasteiger partial charge in [-0.2, -0.15) is 0 Å². The summed E-state index contributed by atoms with van der Waals surface area (Å²) in [5, 5.41) is 3.52. The minimum absolute atomic E-state index is 0.211. The third-order valence-electron chi connectivity index (χ3n) is 3.56. The van der Waals surface area contributed by atoms with E-state index in [-0.39, 0.29) is 6.29 Å². The zero-order valence-corrected chi connectivity index (χ0v) is 11.9. The number of hydrogen-bond acceptors (Lipinski definition) is 4. The van der Waals surface area contributed by atoms with Gasteiger partial charge in [-0.05, 0) is 25.3 Å². The van der Waals surface area contributed by atoms with E-state index in [4.69, 9.17) is 14.2 Å². The van der Waals surface area contributed by atoms with Crippen molar-refractivity contribution in [2.75, 3.05) is 27.4 Å². The Morgan fingerprint density at radius 2 is 2.16 bits per heavy atom. The third-order valence-corrected chi connectivity index (χ3v) is 3.56. The van der Waals surface area contributed by atoms with E-state index in [1.54, 1.807) is 14.2 Å². The van der Waals surface area contributed by atoms with Crippen molar-refractivity contribution in [3.8, 4) is 5.75 Å². The van der Waals surface area contributed by atoms with Gasteiger partial charge in [0.2, 0.25) is 0 Å². The van der Waals surface area contributed by atoms with E-state index in [1.165, 1.54) is 11.1 Å². The highest BCUT2D eigenvalue weighted by atomic mass is 16.7. The van der Waals surface area contributed by atoms with Gasteiger partial charge in [0.1, 0.15) is 5.75 Å². The smallest absolute Gasteiger partial charge is 0.169 e. The van der Waals surface area contributed by atoms with Crippen molar-refractivity contribution in [1.29, 1.82) is 0 Å². The summed E-state index contributed by atoms with van der Waals surface area (Å²) in [7, 11) is 3.31. The van der Waals surface area contributed by atoms with Gasteiger partial charge in [0, 0.05) is 32.4 Å². The van der Waals surface area contributed by atoms with Crippen molar-refractivity contribution in [3.05, 3.63) is 29.3 Å². The SMILES string of the molecule is COC(CNC1CCCOc2c(C)cccc21)OC. The van der Waals surface area contributed by atoms with Gasteiger partial charge in [0.15, 0.2) is 6.29 Å². The Bertz CT molecular complexity index is 404. The molecule has 1 aromatic rings. The second kappa shape index (κ2) is 6.89. The zero-order valence-electron chi connectivity index (χ0n) is 11.9. The molecule has 1 unspecified atom stereocenters. The molecule has 0 aliphatic carbocycles. The number of benzene rings is 1. The van der Waals surface area contributed by atoms with Crippen LogP contribution in [0, 0.1) is 6.92 Å². The van der Waals surface area contributed by atoms with Gasteiger partial charge in [-0.25, -0.2) is 0 Å². The fourth-order valence-corrected chi connectivity index (χ4v) is 2.48. The molecule has 1 aliphatic heterocycles. The third kappa shape index (κ3) is 3.47. The Kier molecular flexibility index (Phi) is 5.19. The number of aryl methyl sites for hydroxylation is 1. The molecule has 0 amide bonds. The van der Waals surface area contributed by atoms with Gasteiger partial charge >= 0.3 is 0 Å². The topological polar surface area (TPSA) is 39.7 Å². The number of rotatable bonds is 5. The van der Waals surface area contributed by atoms with E-state index < -0.39 is 0 Å². The van der Waals surface area contributed by atoms with E-state index in [2.05, 4.69) is 30.4 Å². The monoisotopic (exact) mass is 265 g/mol. The second-order valence-corrected chi connectivity index (χ2v) is 4.85. The molecule has 106 valence electrons. The zero-order chi connectivity index (χ0) is 13.7. The van der Waals surface area contributed by atoms with Crippen molar-refractivity contribution >= 4 is 0 Å². The van der Waals surface area contributed by atoms with Gasteiger partial charge in [0.05, 0.1) is 6.61 Å². The predicted molar refractivity (Wildman–Crippen MR) is 74.5 cm³/mol. The van der Waals surface area contributed by atoms with Gasteiger partial charge in [-0.1, -0.05) is 18.2 Å². The van der Waals surface area contributed by atoms with Crippen LogP contribution < -0.4 is 10.1 Å². The van der Waals surface area contributed by atoms with Crippen molar-refractivity contribution in [2.24, 2.45) is 0 Å². The molecule has 0 spiro atoms. The van der Waals surface area contributed by atoms with Crippen LogP contribution in [0.4, 0.5) is 0 Å². The van der Waals surface area contributed by atoms with Gasteiger partial charge < -0.3 is 19.5 Å². The highest BCUT2D eigenvalue weighted by molar-refractivity contribution is 5.43. The van der Waals surface area contributed by atoms with Crippen molar-refractivity contribution < 1.29 is 14.2 Å². The van der Waals surface area contributed by atoms with Crippen molar-refractivity contribution in [1.82, 2.24) is 5.32 Å². The molecule has 4 nitrogen and oxygen atoms in total. The maximum Gasteiger partial charge on any atom is 0.169 e. The number of ether oxygens (including phenoxy) is 3. The average molecular weight is 265 g/mol. The van der Waals surface area contributed by atoms with Crippen LogP contribution in [0.15, 0.2) is 18.2 Å². The standard InChI is InChI=1S/C15H23NO3/c1-11-6-4-7-12-13(8-5-9-19-15(11)12)16-10-14(17-2)18-3/h4,6-7,13-14,16H,5,8-10H2,1-3H3. The van der Waals surface area contributed by atoms with Gasteiger partial charge in [-0.3, -0.25) is 0 Å². The summed E-state index contributed by atoms with van der Waals surface area (Å²) in [6, 6.07) is 6.61. The number of para-hydroxylation sites is 1. The first-order valence-electron chi connectivity index (χ1n) is 6.77. The number of hydrogen-bond donors (Lipinski definition) is 1. The summed E-state index contributed by atoms with van der Waals surface area (Å²) in [5.74, 6) is 1.03. The lowest BCUT2D eigenvalue weighted by molar-refractivity contribution is -0.1000. The minimum atomic E-state index is -0.211. The Morgan fingerprint density at radius 3 is 2.89 bits per heavy atom. The van der Waals surface area contributed by atoms with Crippen molar-refractivity contribution in [2.45, 2.75) is 32.1 Å². The molecular formula is C15H23NO3. The van der Waals surface area contributed by atoms with E-state index in [9.17, 15) is 0 Å². The van der Waals surface area contributed by atoms with Crippen LogP contribution >= 0.6 is 0 Å². The number of nitrogens with one attached hydrogen (secondary N) is 1. The summed E-state index contributed by atoms with van der Waals surface area (Å²) >= 11 is 0. The molecule has 0 fully saturated rings. The minimum Gasteiger partial charge on any atom is -0.493 e. The molecule has 0 saturated heterocycles. The first-order valence-corrected chi connectivity index (χ1v) is 6.77. The first kappa shape index (κ1) is 14.3. The van der Waals surface area contributed by atoms with Crippen LogP contribution in [0.25, 0.3) is 0 Å². The summed E-state index contributed by atoms with van der Waals surface area (Å²) in [4.78, 5) is 0. The second-order valence-electron chi connectivity index (χ2n) is 4.85. The molecular weight excluding hydrogens is 242 g/mol. The summed E-state index contributed by atoms with van der Waals surface area (Å²) in [6.45, 7) is 3.55. The lowest BCUT2D eigenvalue weighted by Crippen LogP contribution is -2.32. The molecule has 2 rings (SSSR count). The Balaban J connectivity index is 2.11. The van der Waals surface area contributed by atoms with Crippen LogP contribution in [0.5, 0.6) is 5.75 Å². The van der Waals surface area contributed by atoms with Crippen molar-refractivity contribution in [3.63, 3.8) is 0 Å². The summed E-state index contributed by atoms with van der Waals surface area (Å²) in [5.41, 5.74) is 2.43. The summed E-state index contributed by atoms with van der Waals surface area (Å²) < 4.78 is 16.3. The van der Waals surface area contributed by atoms with E-state index in [1.807, 2.05) is 0 Å². The van der Waals surface area contributed by atoms with Crippen LogP contribution in [0.3, 0.4) is 0 Å². The molecule has 1 heterocycles. The maximum atomic E-state index is 5.87. The van der Waals surface area contributed by atoms with Crippen LogP contribution in [-0.2, 0) is 9.47 Å². The lowest BCUT2D eigenvalue weighted by Gasteiger charge is -2.22. The largest absolute Gasteiger partial charge is 0.493 e. The van der Waals surface area contributed by atoms with E-state index in [0.29, 0.717) is 12.6 Å². The Hall–Kier alpha value is -1.10. The molecule has 0 saturated carbocycles. The molecule has 4 heteroatoms. The Morgan fingerprint density at radius 1 is 1.37 bits per heavy atom. The molecule has 0 aromatic heterocycles. The molecule has 1 aliphatic rings. The maximum absolute atomic E-state index is 5.87. The van der Waals surface area contributed by atoms with Crippen LogP contribution in [0.1, 0.15) is 30.0 Å². The summed E-state index contributed by atoms with van der Waals surface area (Å²) in [6.07, 6.45) is 1.91. The first-order chi connectivity index (χ1) is 9.26. The van der Waals surface area contributed by atoms with Crippen LogP contribution in [0.2, 0.25) is 0 Å². The van der Waals surface area contributed by atoms with E-state index >= 15 is 0 Å². The average Bonchev–Trinajstić information content (AvgIpc) is 2.64. The normalized spacial score (nSPS) is 18.8. The number of methoxy groups -OCH3 is 2. The van der Waals surface area contributed by atoms with Crippen LogP contribution in [-0.4, -0.2) is 33.7 Å². The molecule has 1 N–H and O–H groups in total. The predicted octanol–water partition coefficient (Wildman–Crippen LogP) is 2.42. The Labute approximate surface area is 115 Å². The van der Waals surface area contributed by atoms with Gasteiger partial charge in [-0.15, -0.1) is 0 Å². The highest BCUT2D eigenvalue weighted by Crippen LogP contribution is 2.33. The van der Waals surface area contributed by atoms with Gasteiger partial charge in [0.25, 0.3) is 0 Å². The lowest BCUT2D eigenvalue weighted by atomic mass is 10.00. The highest BCUT2D eigenvalue weighted by Gasteiger charge is 2.21. The quantitative estimate of drug-likeness (QED) is 0.830. The molecule has 1 atom stereocenters. The molecule has 0 radical (unpaired) electrons. The number of fused-ring (bicyclic) bond motifs is 1. The fourth-order valence-electron chi connectivity index (χ4n) is 2.48. The fraction of sp³-hybridized carbons (Fsp3) is 0.600. The molecule has 0 bridgehead atoms. The molecule has 1 aromatic carbocycles.